The van der Waals surface area contributed by atoms with Gasteiger partial charge in [-0.2, -0.15) is 0 Å². The fourth-order valence-electron chi connectivity index (χ4n) is 1.93. The van der Waals surface area contributed by atoms with Gasteiger partial charge in [-0.25, -0.2) is 0 Å². The van der Waals surface area contributed by atoms with Crippen molar-refractivity contribution in [2.75, 3.05) is 5.32 Å². The van der Waals surface area contributed by atoms with Gasteiger partial charge in [0.15, 0.2) is 0 Å². The van der Waals surface area contributed by atoms with E-state index in [1.807, 2.05) is 41.8 Å². The van der Waals surface area contributed by atoms with Crippen molar-refractivity contribution in [1.82, 2.24) is 0 Å². The van der Waals surface area contributed by atoms with E-state index in [-0.39, 0.29) is 5.91 Å². The van der Waals surface area contributed by atoms with Gasteiger partial charge >= 0.3 is 0 Å². The molecule has 3 aromatic rings. The van der Waals surface area contributed by atoms with E-state index in [0.717, 1.165) is 20.4 Å². The molecule has 100 valence electrons. The Morgan fingerprint density at radius 2 is 2.00 bits per heavy atom. The Labute approximate surface area is 134 Å². The van der Waals surface area contributed by atoms with Crippen molar-refractivity contribution in [2.45, 2.75) is 4.90 Å². The molecule has 0 atom stereocenters. The highest BCUT2D eigenvalue weighted by Gasteiger charge is 2.11. The molecule has 0 bridgehead atoms. The summed E-state index contributed by atoms with van der Waals surface area (Å²) in [6.45, 7) is 0. The van der Waals surface area contributed by atoms with Gasteiger partial charge in [-0.05, 0) is 69.2 Å². The van der Waals surface area contributed by atoms with Crippen LogP contribution in [-0.2, 0) is 0 Å². The lowest BCUT2D eigenvalue weighted by Crippen LogP contribution is -2.12. The number of thiol groups is 1. The zero-order valence-corrected chi connectivity index (χ0v) is 13.6. The number of benzene rings is 2. The van der Waals surface area contributed by atoms with Crippen molar-refractivity contribution in [1.29, 1.82) is 0 Å². The molecule has 1 N–H and O–H groups in total. The third-order valence-electron chi connectivity index (χ3n) is 2.90. The minimum absolute atomic E-state index is 0.151. The van der Waals surface area contributed by atoms with Crippen molar-refractivity contribution in [2.24, 2.45) is 0 Å². The molecule has 1 heterocycles. The maximum atomic E-state index is 12.3. The third-order valence-corrected chi connectivity index (χ3v) is 4.77. The fourth-order valence-corrected chi connectivity index (χ4v) is 3.33. The zero-order chi connectivity index (χ0) is 14.1. The molecule has 0 aliphatic carbocycles. The van der Waals surface area contributed by atoms with Crippen molar-refractivity contribution in [3.05, 3.63) is 57.9 Å². The van der Waals surface area contributed by atoms with Gasteiger partial charge in [-0.15, -0.1) is 24.0 Å². The molecule has 0 aliphatic heterocycles. The molecule has 0 unspecified atom stereocenters. The van der Waals surface area contributed by atoms with Crippen LogP contribution in [0.4, 0.5) is 5.69 Å². The number of carbonyl (C=O) groups excluding carboxylic acids is 1. The Kier molecular flexibility index (Phi) is 3.83. The monoisotopic (exact) mass is 363 g/mol. The van der Waals surface area contributed by atoms with Crippen LogP contribution in [0.2, 0.25) is 0 Å². The lowest BCUT2D eigenvalue weighted by molar-refractivity contribution is 0.102. The number of carbonyl (C=O) groups is 1. The first-order valence-corrected chi connectivity index (χ1v) is 8.02. The van der Waals surface area contributed by atoms with Crippen LogP contribution in [0.5, 0.6) is 0 Å². The second-order valence-electron chi connectivity index (χ2n) is 4.29. The van der Waals surface area contributed by atoms with Gasteiger partial charge in [0.2, 0.25) is 0 Å². The Morgan fingerprint density at radius 1 is 1.15 bits per heavy atom. The Hall–Kier alpha value is -1.30. The minimum atomic E-state index is -0.151. The number of fused-ring (bicyclic) bond motifs is 1. The predicted octanol–water partition coefficient (Wildman–Crippen LogP) is 5.20. The first-order chi connectivity index (χ1) is 9.63. The summed E-state index contributed by atoms with van der Waals surface area (Å²) in [5, 5.41) is 6.08. The maximum Gasteiger partial charge on any atom is 0.256 e. The Morgan fingerprint density at radius 3 is 2.85 bits per heavy atom. The van der Waals surface area contributed by atoms with Crippen LogP contribution >= 0.6 is 39.9 Å². The van der Waals surface area contributed by atoms with Gasteiger partial charge < -0.3 is 5.32 Å². The van der Waals surface area contributed by atoms with E-state index in [4.69, 9.17) is 0 Å². The summed E-state index contributed by atoms with van der Waals surface area (Å²) in [5.74, 6) is -0.151. The molecule has 3 rings (SSSR count). The smallest absolute Gasteiger partial charge is 0.256 e. The summed E-state index contributed by atoms with van der Waals surface area (Å²) in [5.41, 5.74) is 1.36. The van der Waals surface area contributed by atoms with E-state index >= 15 is 0 Å². The number of rotatable bonds is 2. The molecule has 0 radical (unpaired) electrons. The van der Waals surface area contributed by atoms with Gasteiger partial charge in [0.05, 0.1) is 5.56 Å². The molecule has 2 aromatic carbocycles. The average Bonchev–Trinajstić information content (AvgIpc) is 2.89. The fraction of sp³-hybridized carbons (Fsp3) is 0. The van der Waals surface area contributed by atoms with Gasteiger partial charge in [0.1, 0.15) is 0 Å². The van der Waals surface area contributed by atoms with E-state index in [2.05, 4.69) is 33.9 Å². The van der Waals surface area contributed by atoms with E-state index in [0.29, 0.717) is 5.56 Å². The van der Waals surface area contributed by atoms with Gasteiger partial charge in [0.25, 0.3) is 5.91 Å². The van der Waals surface area contributed by atoms with Gasteiger partial charge in [-0.3, -0.25) is 4.79 Å². The number of hydrogen-bond acceptors (Lipinski definition) is 3. The summed E-state index contributed by atoms with van der Waals surface area (Å²) in [7, 11) is 0. The molecule has 1 aromatic heterocycles. The van der Waals surface area contributed by atoms with Crippen LogP contribution in [0.1, 0.15) is 10.4 Å². The largest absolute Gasteiger partial charge is 0.322 e. The van der Waals surface area contributed by atoms with Gasteiger partial charge in [-0.1, -0.05) is 0 Å². The topological polar surface area (TPSA) is 29.1 Å². The molecule has 0 fully saturated rings. The van der Waals surface area contributed by atoms with E-state index in [1.54, 1.807) is 17.4 Å². The highest BCUT2D eigenvalue weighted by Crippen LogP contribution is 2.25. The number of amides is 1. The molecule has 5 heteroatoms. The number of halogens is 1. The summed E-state index contributed by atoms with van der Waals surface area (Å²) in [6.07, 6.45) is 0. The first-order valence-electron chi connectivity index (χ1n) is 5.90. The number of hydrogen-bond donors (Lipinski definition) is 2. The normalized spacial score (nSPS) is 10.7. The lowest BCUT2D eigenvalue weighted by atomic mass is 10.2. The second-order valence-corrected chi connectivity index (χ2v) is 6.61. The number of nitrogens with one attached hydrogen (secondary N) is 1. The molecular formula is C15H10BrNOS2. The van der Waals surface area contributed by atoms with Crippen molar-refractivity contribution >= 4 is 61.6 Å². The van der Waals surface area contributed by atoms with Crippen molar-refractivity contribution in [3.8, 4) is 0 Å². The maximum absolute atomic E-state index is 12.3. The molecule has 1 amide bonds. The van der Waals surface area contributed by atoms with E-state index in [9.17, 15) is 4.79 Å². The molecule has 0 spiro atoms. The minimum Gasteiger partial charge on any atom is -0.322 e. The van der Waals surface area contributed by atoms with Crippen LogP contribution in [0, 0.1) is 0 Å². The number of anilines is 1. The Bertz CT molecular complexity index is 797. The summed E-state index contributed by atoms with van der Waals surface area (Å²) >= 11 is 9.33. The van der Waals surface area contributed by atoms with Crippen molar-refractivity contribution < 1.29 is 4.79 Å². The van der Waals surface area contributed by atoms with Crippen LogP contribution < -0.4 is 5.32 Å². The summed E-state index contributed by atoms with van der Waals surface area (Å²) in [4.78, 5) is 13.0. The highest BCUT2D eigenvalue weighted by molar-refractivity contribution is 9.10. The first kappa shape index (κ1) is 13.7. The Balaban J connectivity index is 1.89. The molecule has 0 saturated heterocycles. The zero-order valence-electron chi connectivity index (χ0n) is 10.3. The molecule has 2 nitrogen and oxygen atoms in total. The quantitative estimate of drug-likeness (QED) is 0.601. The van der Waals surface area contributed by atoms with Gasteiger partial charge in [0, 0.05) is 19.8 Å². The number of thiophene rings is 1. The third kappa shape index (κ3) is 2.75. The SMILES string of the molecule is O=C(Nc1ccc2sccc2c1)c1cc(S)ccc1Br. The molecule has 0 aliphatic rings. The summed E-state index contributed by atoms with van der Waals surface area (Å²) < 4.78 is 1.96. The van der Waals surface area contributed by atoms with Crippen LogP contribution in [0.15, 0.2) is 57.2 Å². The van der Waals surface area contributed by atoms with Crippen molar-refractivity contribution in [3.63, 3.8) is 0 Å². The molecule has 0 saturated carbocycles. The highest BCUT2D eigenvalue weighted by atomic mass is 79.9. The van der Waals surface area contributed by atoms with Crippen LogP contribution in [0.25, 0.3) is 10.1 Å². The predicted molar refractivity (Wildman–Crippen MR) is 91.2 cm³/mol. The lowest BCUT2D eigenvalue weighted by Gasteiger charge is -2.08. The second kappa shape index (κ2) is 5.60. The van der Waals surface area contributed by atoms with E-state index < -0.39 is 0 Å². The standard InChI is InChI=1S/C15H10BrNOS2/c16-13-3-2-11(19)8-12(13)15(18)17-10-1-4-14-9(7-10)5-6-20-14/h1-8,19H,(H,17,18). The van der Waals surface area contributed by atoms with Crippen LogP contribution in [0.3, 0.4) is 0 Å². The average molecular weight is 364 g/mol. The molecule has 20 heavy (non-hydrogen) atoms. The molecular weight excluding hydrogens is 354 g/mol. The van der Waals surface area contributed by atoms with E-state index in [1.165, 1.54) is 4.70 Å². The van der Waals surface area contributed by atoms with Crippen LogP contribution in [-0.4, -0.2) is 5.91 Å². The summed E-state index contributed by atoms with van der Waals surface area (Å²) in [6, 6.07) is 13.3.